The number of aromatic nitrogens is 2. The Morgan fingerprint density at radius 3 is 2.37 bits per heavy atom. The van der Waals surface area contributed by atoms with Crippen LogP contribution < -0.4 is 4.90 Å². The fourth-order valence-electron chi connectivity index (χ4n) is 3.18. The van der Waals surface area contributed by atoms with E-state index in [1.54, 1.807) is 0 Å². The third-order valence-electron chi connectivity index (χ3n) is 4.76. The molecule has 0 bridgehead atoms. The van der Waals surface area contributed by atoms with Crippen LogP contribution in [0.3, 0.4) is 0 Å². The summed E-state index contributed by atoms with van der Waals surface area (Å²) in [7, 11) is 4.09. The van der Waals surface area contributed by atoms with Gasteiger partial charge >= 0.3 is 0 Å². The van der Waals surface area contributed by atoms with E-state index in [0.29, 0.717) is 0 Å². The highest BCUT2D eigenvalue weighted by Crippen LogP contribution is 2.24. The zero-order chi connectivity index (χ0) is 19.0. The maximum atomic E-state index is 4.55. The highest BCUT2D eigenvalue weighted by molar-refractivity contribution is 6.04. The summed E-state index contributed by atoms with van der Waals surface area (Å²) in [6, 6.07) is 14.8. The normalized spacial score (nSPS) is 10.7. The molecule has 4 rings (SSSR count). The molecule has 0 radical (unpaired) electrons. The van der Waals surface area contributed by atoms with Crippen molar-refractivity contribution in [2.45, 2.75) is 13.8 Å². The van der Waals surface area contributed by atoms with E-state index in [4.69, 9.17) is 0 Å². The zero-order valence-electron chi connectivity index (χ0n) is 16.0. The third kappa shape index (κ3) is 3.35. The first-order valence-corrected chi connectivity index (χ1v) is 8.96. The van der Waals surface area contributed by atoms with Crippen molar-refractivity contribution in [3.8, 4) is 11.8 Å². The van der Waals surface area contributed by atoms with Gasteiger partial charge in [0, 0.05) is 47.9 Å². The van der Waals surface area contributed by atoms with Gasteiger partial charge in [0.2, 0.25) is 0 Å². The highest BCUT2D eigenvalue weighted by Gasteiger charge is 2.04. The molecule has 2 aromatic heterocycles. The molecule has 0 N–H and O–H groups in total. The molecule has 0 aliphatic carbocycles. The maximum Gasteiger partial charge on any atom is 0.0892 e. The Labute approximate surface area is 159 Å². The van der Waals surface area contributed by atoms with Gasteiger partial charge in [-0.1, -0.05) is 24.0 Å². The standard InChI is InChI=1S/C24H21N3/c1-16-5-10-21-22-13-18(14-25-24(22)15-26-23(21)11-16)6-7-19-8-9-20(27(3)4)12-17(19)2/h5,8-15H,1-4H3. The lowest BCUT2D eigenvalue weighted by molar-refractivity contribution is 1.13. The monoisotopic (exact) mass is 351 g/mol. The highest BCUT2D eigenvalue weighted by atomic mass is 15.1. The zero-order valence-corrected chi connectivity index (χ0v) is 16.0. The summed E-state index contributed by atoms with van der Waals surface area (Å²) in [5.74, 6) is 6.57. The molecule has 0 saturated carbocycles. The Balaban J connectivity index is 1.77. The molecule has 0 saturated heterocycles. The summed E-state index contributed by atoms with van der Waals surface area (Å²) in [6.07, 6.45) is 3.65. The number of anilines is 1. The topological polar surface area (TPSA) is 29.0 Å². The van der Waals surface area contributed by atoms with Crippen LogP contribution in [-0.2, 0) is 0 Å². The summed E-state index contributed by atoms with van der Waals surface area (Å²) in [5, 5.41) is 2.20. The molecular weight excluding hydrogens is 330 g/mol. The molecule has 4 aromatic rings. The molecular formula is C24H21N3. The van der Waals surface area contributed by atoms with Gasteiger partial charge < -0.3 is 4.90 Å². The van der Waals surface area contributed by atoms with E-state index in [0.717, 1.165) is 32.9 Å². The van der Waals surface area contributed by atoms with E-state index < -0.39 is 0 Å². The first-order valence-electron chi connectivity index (χ1n) is 8.96. The Bertz CT molecular complexity index is 1230. The minimum atomic E-state index is 0.892. The lowest BCUT2D eigenvalue weighted by Crippen LogP contribution is -2.08. The average molecular weight is 351 g/mol. The fraction of sp³-hybridized carbons (Fsp3) is 0.167. The SMILES string of the molecule is Cc1ccc2c(c1)ncc1ncc(C#Cc3ccc(N(C)C)cc3C)cc12. The quantitative estimate of drug-likeness (QED) is 0.362. The van der Waals surface area contributed by atoms with Crippen LogP contribution in [0.2, 0.25) is 0 Å². The minimum absolute atomic E-state index is 0.892. The summed E-state index contributed by atoms with van der Waals surface area (Å²) in [4.78, 5) is 11.2. The van der Waals surface area contributed by atoms with Gasteiger partial charge in [0.1, 0.15) is 0 Å². The molecule has 0 amide bonds. The number of fused-ring (bicyclic) bond motifs is 3. The van der Waals surface area contributed by atoms with E-state index in [-0.39, 0.29) is 0 Å². The number of hydrogen-bond acceptors (Lipinski definition) is 3. The smallest absolute Gasteiger partial charge is 0.0892 e. The van der Waals surface area contributed by atoms with Crippen LogP contribution in [0.25, 0.3) is 21.8 Å². The van der Waals surface area contributed by atoms with Crippen LogP contribution in [0.1, 0.15) is 22.3 Å². The van der Waals surface area contributed by atoms with E-state index in [1.807, 2.05) is 26.5 Å². The Morgan fingerprint density at radius 1 is 0.778 bits per heavy atom. The van der Waals surface area contributed by atoms with Crippen LogP contribution in [0.15, 0.2) is 54.9 Å². The number of aryl methyl sites for hydroxylation is 2. The Morgan fingerprint density at radius 2 is 1.59 bits per heavy atom. The largest absolute Gasteiger partial charge is 0.378 e. The van der Waals surface area contributed by atoms with Gasteiger partial charge in [0.25, 0.3) is 0 Å². The van der Waals surface area contributed by atoms with E-state index >= 15 is 0 Å². The van der Waals surface area contributed by atoms with E-state index in [2.05, 4.69) is 83.0 Å². The van der Waals surface area contributed by atoms with Crippen LogP contribution in [0, 0.1) is 25.7 Å². The first-order chi connectivity index (χ1) is 13.0. The van der Waals surface area contributed by atoms with Crippen LogP contribution in [0.4, 0.5) is 5.69 Å². The van der Waals surface area contributed by atoms with Gasteiger partial charge in [-0.3, -0.25) is 9.97 Å². The molecule has 0 aliphatic rings. The van der Waals surface area contributed by atoms with Gasteiger partial charge in [-0.15, -0.1) is 0 Å². The Kier molecular flexibility index (Phi) is 4.25. The summed E-state index contributed by atoms with van der Waals surface area (Å²) in [6.45, 7) is 4.17. The van der Waals surface area contributed by atoms with Crippen LogP contribution in [-0.4, -0.2) is 24.1 Å². The van der Waals surface area contributed by atoms with Gasteiger partial charge in [-0.05, 0) is 55.3 Å². The van der Waals surface area contributed by atoms with Crippen molar-refractivity contribution >= 4 is 27.5 Å². The van der Waals surface area contributed by atoms with Crippen molar-refractivity contribution in [1.29, 1.82) is 0 Å². The molecule has 0 fully saturated rings. The molecule has 2 heterocycles. The van der Waals surface area contributed by atoms with Gasteiger partial charge in [0.15, 0.2) is 0 Å². The Hall–Kier alpha value is -3.38. The van der Waals surface area contributed by atoms with Crippen molar-refractivity contribution in [3.63, 3.8) is 0 Å². The molecule has 2 aromatic carbocycles. The molecule has 3 heteroatoms. The number of benzene rings is 2. The lowest BCUT2D eigenvalue weighted by Gasteiger charge is -2.13. The number of rotatable bonds is 1. The van der Waals surface area contributed by atoms with E-state index in [9.17, 15) is 0 Å². The van der Waals surface area contributed by atoms with Gasteiger partial charge in [0.05, 0.1) is 17.2 Å². The van der Waals surface area contributed by atoms with Crippen molar-refractivity contribution < 1.29 is 0 Å². The molecule has 27 heavy (non-hydrogen) atoms. The van der Waals surface area contributed by atoms with Crippen molar-refractivity contribution in [2.75, 3.05) is 19.0 Å². The summed E-state index contributed by atoms with van der Waals surface area (Å²) < 4.78 is 0. The lowest BCUT2D eigenvalue weighted by atomic mass is 10.1. The predicted molar refractivity (Wildman–Crippen MR) is 113 cm³/mol. The predicted octanol–water partition coefficient (Wildman–Crippen LogP) is 4.87. The molecule has 0 spiro atoms. The van der Waals surface area contributed by atoms with Crippen molar-refractivity contribution in [3.05, 3.63) is 77.1 Å². The average Bonchev–Trinajstić information content (AvgIpc) is 2.66. The first kappa shape index (κ1) is 17.1. The summed E-state index contributed by atoms with van der Waals surface area (Å²) in [5.41, 5.74) is 7.39. The van der Waals surface area contributed by atoms with Crippen LogP contribution >= 0.6 is 0 Å². The van der Waals surface area contributed by atoms with Gasteiger partial charge in [-0.25, -0.2) is 0 Å². The maximum absolute atomic E-state index is 4.55. The van der Waals surface area contributed by atoms with Crippen molar-refractivity contribution in [1.82, 2.24) is 9.97 Å². The summed E-state index contributed by atoms with van der Waals surface area (Å²) >= 11 is 0. The second-order valence-corrected chi connectivity index (χ2v) is 7.08. The number of pyridine rings is 2. The minimum Gasteiger partial charge on any atom is -0.378 e. The number of hydrogen-bond donors (Lipinski definition) is 0. The second-order valence-electron chi connectivity index (χ2n) is 7.08. The van der Waals surface area contributed by atoms with Gasteiger partial charge in [-0.2, -0.15) is 0 Å². The third-order valence-corrected chi connectivity index (χ3v) is 4.76. The van der Waals surface area contributed by atoms with Crippen molar-refractivity contribution in [2.24, 2.45) is 0 Å². The molecule has 0 unspecified atom stereocenters. The molecule has 0 atom stereocenters. The molecule has 3 nitrogen and oxygen atoms in total. The van der Waals surface area contributed by atoms with Crippen LogP contribution in [0.5, 0.6) is 0 Å². The molecule has 132 valence electrons. The number of nitrogens with zero attached hydrogens (tertiary/aromatic N) is 3. The van der Waals surface area contributed by atoms with E-state index in [1.165, 1.54) is 16.8 Å². The second kappa shape index (κ2) is 6.74. The fourth-order valence-corrected chi connectivity index (χ4v) is 3.18. The molecule has 0 aliphatic heterocycles.